The number of carbonyl (C=O) groups is 2. The molecule has 19 nitrogen and oxygen atoms in total. The van der Waals surface area contributed by atoms with Gasteiger partial charge in [0.1, 0.15) is 6.29 Å². The van der Waals surface area contributed by atoms with E-state index in [1.807, 2.05) is 18.2 Å². The number of fused-ring (bicyclic) bond motifs is 1. The first-order valence-electron chi connectivity index (χ1n) is 22.7. The van der Waals surface area contributed by atoms with Crippen molar-refractivity contribution in [1.29, 1.82) is 0 Å². The molecule has 0 radical (unpaired) electrons. The summed E-state index contributed by atoms with van der Waals surface area (Å²) in [4.78, 5) is 22.3. The Balaban J connectivity index is 0.980. The number of hydrogen-bond donors (Lipinski definition) is 3. The molecule has 1 heterocycles. The molecule has 22 heteroatoms. The summed E-state index contributed by atoms with van der Waals surface area (Å²) >= 11 is 12.7. The maximum Gasteiger partial charge on any atom is 0.240 e. The van der Waals surface area contributed by atoms with Crippen molar-refractivity contribution >= 4 is 45.4 Å². The number of ether oxygens (including phenoxy) is 12. The summed E-state index contributed by atoms with van der Waals surface area (Å²) in [6, 6.07) is 10.5. The van der Waals surface area contributed by atoms with Crippen LogP contribution < -0.4 is 15.4 Å². The van der Waals surface area contributed by atoms with E-state index < -0.39 is 10.0 Å². The molecule has 0 aliphatic carbocycles. The predicted molar refractivity (Wildman–Crippen MR) is 250 cm³/mol. The summed E-state index contributed by atoms with van der Waals surface area (Å²) in [6.45, 7) is 11.7. The van der Waals surface area contributed by atoms with Gasteiger partial charge in [-0.1, -0.05) is 35.3 Å². The van der Waals surface area contributed by atoms with Gasteiger partial charge >= 0.3 is 0 Å². The fourth-order valence-electron chi connectivity index (χ4n) is 6.13. The minimum Gasteiger partial charge on any atom is -0.379 e. The van der Waals surface area contributed by atoms with E-state index in [2.05, 4.69) is 15.4 Å². The third-order valence-corrected chi connectivity index (χ3v) is 11.5. The topological polar surface area (TPSA) is 215 Å². The Labute approximate surface area is 405 Å². The highest BCUT2D eigenvalue weighted by Crippen LogP contribution is 2.36. The van der Waals surface area contributed by atoms with Gasteiger partial charge in [0.05, 0.1) is 163 Å². The van der Waals surface area contributed by atoms with Gasteiger partial charge in [0, 0.05) is 55.0 Å². The fourth-order valence-corrected chi connectivity index (χ4v) is 7.72. The number of aldehydes is 1. The van der Waals surface area contributed by atoms with Crippen molar-refractivity contribution in [2.45, 2.75) is 30.2 Å². The number of halogens is 2. The van der Waals surface area contributed by atoms with Gasteiger partial charge in [-0.2, -0.15) is 0 Å². The highest BCUT2D eigenvalue weighted by atomic mass is 35.5. The summed E-state index contributed by atoms with van der Waals surface area (Å²) < 4.78 is 93.5. The summed E-state index contributed by atoms with van der Waals surface area (Å²) in [6.07, 6.45) is 1.46. The number of sulfonamides is 1. The highest BCUT2D eigenvalue weighted by Gasteiger charge is 2.25. The van der Waals surface area contributed by atoms with Crippen molar-refractivity contribution in [3.05, 3.63) is 63.1 Å². The average molecular weight is 1010 g/mol. The lowest BCUT2D eigenvalue weighted by Gasteiger charge is -2.28. The normalized spacial score (nSPS) is 13.8. The molecule has 2 aromatic rings. The zero-order chi connectivity index (χ0) is 47.9. The van der Waals surface area contributed by atoms with Crippen molar-refractivity contribution in [1.82, 2.24) is 15.4 Å². The van der Waals surface area contributed by atoms with Crippen LogP contribution in [0.25, 0.3) is 0 Å². The predicted octanol–water partition coefficient (Wildman–Crippen LogP) is 2.80. The van der Waals surface area contributed by atoms with Crippen LogP contribution in [-0.4, -0.2) is 199 Å². The van der Waals surface area contributed by atoms with Gasteiger partial charge in [0.15, 0.2) is 0 Å². The van der Waals surface area contributed by atoms with Crippen LogP contribution in [0.1, 0.15) is 35.4 Å². The molecule has 0 spiro atoms. The summed E-state index contributed by atoms with van der Waals surface area (Å²) in [7, 11) is -3.71. The number of rotatable bonds is 45. The Morgan fingerprint density at radius 1 is 0.582 bits per heavy atom. The van der Waals surface area contributed by atoms with Crippen LogP contribution in [0.2, 0.25) is 10.0 Å². The molecule has 3 rings (SSSR count). The first-order valence-corrected chi connectivity index (χ1v) is 25.0. The first kappa shape index (κ1) is 58.9. The molecule has 1 atom stereocenters. The Morgan fingerprint density at radius 2 is 1.00 bits per heavy atom. The molecular weight excluding hydrogens is 941 g/mol. The maximum absolute atomic E-state index is 12.8. The molecule has 0 bridgehead atoms. The van der Waals surface area contributed by atoms with E-state index in [-0.39, 0.29) is 42.9 Å². The second kappa shape index (κ2) is 39.3. The largest absolute Gasteiger partial charge is 0.379 e. The van der Waals surface area contributed by atoms with E-state index in [1.165, 1.54) is 0 Å². The second-order valence-electron chi connectivity index (χ2n) is 14.5. The lowest BCUT2D eigenvalue weighted by atomic mass is 9.85. The smallest absolute Gasteiger partial charge is 0.240 e. The lowest BCUT2D eigenvalue weighted by molar-refractivity contribution is -0.122. The molecule has 0 saturated carbocycles. The van der Waals surface area contributed by atoms with Crippen LogP contribution in [0.3, 0.4) is 0 Å². The first-order chi connectivity index (χ1) is 32.8. The molecule has 382 valence electrons. The standard InChI is InChI=1S/C45H71Cl2N3O16S/c46-39-34-41-42(36-48-37-43(41)44(47)35-39)38-2-4-40(5-3-38)67(53,54)50-8-13-58-17-21-61-20-16-57-12-7-49-45(52)6-11-56-15-19-60-23-25-63-27-29-65-31-33-66-32-30-64-28-26-62-24-22-59-18-14-55-10-1-9-51/h2-5,9,34-35,42,48,50H,1,6-8,10-33,36-37H2,(H,49,52). The second-order valence-corrected chi connectivity index (χ2v) is 17.1. The van der Waals surface area contributed by atoms with Gasteiger partial charge in [-0.15, -0.1) is 0 Å². The number of amides is 1. The zero-order valence-electron chi connectivity index (χ0n) is 38.5. The molecule has 1 aliphatic heterocycles. The van der Waals surface area contributed by atoms with E-state index in [0.717, 1.165) is 23.0 Å². The molecule has 0 aromatic heterocycles. The van der Waals surface area contributed by atoms with Gasteiger partial charge in [0.2, 0.25) is 15.9 Å². The maximum atomic E-state index is 12.8. The van der Waals surface area contributed by atoms with Crippen LogP contribution >= 0.6 is 23.2 Å². The third kappa shape index (κ3) is 28.7. The lowest BCUT2D eigenvalue weighted by Crippen LogP contribution is -2.29. The van der Waals surface area contributed by atoms with Crippen LogP contribution in [0, 0.1) is 0 Å². The molecule has 0 saturated heterocycles. The van der Waals surface area contributed by atoms with Crippen LogP contribution in [0.5, 0.6) is 0 Å². The van der Waals surface area contributed by atoms with Crippen molar-refractivity contribution in [2.24, 2.45) is 0 Å². The quantitative estimate of drug-likeness (QED) is 0.0643. The minimum absolute atomic E-state index is 0.000777. The van der Waals surface area contributed by atoms with E-state index in [4.69, 9.17) is 80.0 Å². The zero-order valence-corrected chi connectivity index (χ0v) is 40.9. The van der Waals surface area contributed by atoms with Gasteiger partial charge in [-0.05, 0) is 41.0 Å². The van der Waals surface area contributed by atoms with E-state index >= 15 is 0 Å². The monoisotopic (exact) mass is 1010 g/mol. The summed E-state index contributed by atoms with van der Waals surface area (Å²) in [5, 5.41) is 7.34. The number of carbonyl (C=O) groups excluding carboxylic acids is 2. The van der Waals surface area contributed by atoms with Crippen molar-refractivity contribution in [3.8, 4) is 0 Å². The molecule has 0 fully saturated rings. The summed E-state index contributed by atoms with van der Waals surface area (Å²) in [5.41, 5.74) is 3.01. The fraction of sp³-hybridized carbons (Fsp3) is 0.689. The molecular formula is C45H71Cl2N3O16S. The molecule has 1 aliphatic rings. The molecule has 1 amide bonds. The van der Waals surface area contributed by atoms with Gasteiger partial charge < -0.3 is 72.3 Å². The minimum atomic E-state index is -3.71. The van der Waals surface area contributed by atoms with Gasteiger partial charge in [-0.3, -0.25) is 4.79 Å². The average Bonchev–Trinajstić information content (AvgIpc) is 3.32. The van der Waals surface area contributed by atoms with E-state index in [0.29, 0.717) is 181 Å². The van der Waals surface area contributed by atoms with Crippen LogP contribution in [0.4, 0.5) is 0 Å². The van der Waals surface area contributed by atoms with Crippen molar-refractivity contribution in [2.75, 3.05) is 178 Å². The Morgan fingerprint density at radius 3 is 1.46 bits per heavy atom. The number of nitrogens with one attached hydrogen (secondary N) is 3. The Bertz CT molecular complexity index is 1690. The van der Waals surface area contributed by atoms with Crippen molar-refractivity contribution in [3.63, 3.8) is 0 Å². The van der Waals surface area contributed by atoms with Gasteiger partial charge in [-0.25, -0.2) is 13.1 Å². The Kier molecular flexibility index (Phi) is 34.5. The van der Waals surface area contributed by atoms with Crippen LogP contribution in [0.15, 0.2) is 41.3 Å². The number of benzene rings is 2. The number of hydrogen-bond acceptors (Lipinski definition) is 17. The third-order valence-electron chi connectivity index (χ3n) is 9.49. The molecule has 1 unspecified atom stereocenters. The Hall–Kier alpha value is -2.45. The van der Waals surface area contributed by atoms with E-state index in [9.17, 15) is 18.0 Å². The molecule has 2 aromatic carbocycles. The molecule has 3 N–H and O–H groups in total. The highest BCUT2D eigenvalue weighted by molar-refractivity contribution is 7.89. The van der Waals surface area contributed by atoms with Crippen LogP contribution in [-0.2, 0) is 83.0 Å². The summed E-state index contributed by atoms with van der Waals surface area (Å²) in [5.74, 6) is -0.130. The van der Waals surface area contributed by atoms with Crippen molar-refractivity contribution < 1.29 is 74.8 Å². The van der Waals surface area contributed by atoms with E-state index in [1.54, 1.807) is 18.2 Å². The molecule has 67 heavy (non-hydrogen) atoms. The van der Waals surface area contributed by atoms with Gasteiger partial charge in [0.25, 0.3) is 0 Å². The SMILES string of the molecule is O=CCCOCCOCCOCCOCCOCCOCCOCCOCCOCCC(=O)NCCOCCOCCOCCNS(=O)(=O)c1ccc(C2CNCc3c(Cl)cc(Cl)cc32)cc1.